The topological polar surface area (TPSA) is 50.7 Å². The van der Waals surface area contributed by atoms with Crippen molar-refractivity contribution in [3.05, 3.63) is 99.0 Å². The molecule has 0 saturated carbocycles. The van der Waals surface area contributed by atoms with E-state index in [0.717, 1.165) is 12.1 Å². The number of nitrogens with one attached hydrogen (secondary N) is 1. The van der Waals surface area contributed by atoms with Crippen molar-refractivity contribution in [2.75, 3.05) is 6.61 Å². The van der Waals surface area contributed by atoms with Gasteiger partial charge in [0.25, 0.3) is 5.91 Å². The zero-order valence-electron chi connectivity index (χ0n) is 17.5. The van der Waals surface area contributed by atoms with Gasteiger partial charge in [-0.25, -0.2) is 5.43 Å². The molecule has 3 aromatic rings. The van der Waals surface area contributed by atoms with Crippen molar-refractivity contribution in [3.8, 4) is 5.75 Å². The van der Waals surface area contributed by atoms with Crippen molar-refractivity contribution in [1.29, 1.82) is 0 Å². The second kappa shape index (κ2) is 8.61. The van der Waals surface area contributed by atoms with Gasteiger partial charge in [-0.1, -0.05) is 71.7 Å². The standard InChI is InChI=1S/C26H22Cl2N2O2/c1-15(29-30-25(31)14-32-24-11-10-16(27)12-23(24)28)21-13-22-17-6-2-4-8-19(17)26(21)20-9-5-3-7-18(20)22/h2-12,21-22,26H,13-14H2,1H3,(H,30,31)/t21-,22?,26?/m1/s1. The van der Waals surface area contributed by atoms with Crippen LogP contribution in [0, 0.1) is 5.92 Å². The second-order valence-electron chi connectivity index (χ2n) is 8.28. The smallest absolute Gasteiger partial charge is 0.277 e. The second-order valence-corrected chi connectivity index (χ2v) is 9.13. The average Bonchev–Trinajstić information content (AvgIpc) is 2.82. The van der Waals surface area contributed by atoms with Crippen LogP contribution in [0.15, 0.2) is 71.8 Å². The number of nitrogens with zero attached hydrogens (tertiary/aromatic N) is 1. The highest BCUT2D eigenvalue weighted by molar-refractivity contribution is 6.35. The average molecular weight is 465 g/mol. The van der Waals surface area contributed by atoms with Crippen molar-refractivity contribution in [1.82, 2.24) is 5.43 Å². The summed E-state index contributed by atoms with van der Waals surface area (Å²) in [5.74, 6) is 0.907. The summed E-state index contributed by atoms with van der Waals surface area (Å²) in [7, 11) is 0. The number of carbonyl (C=O) groups is 1. The Hall–Kier alpha value is -2.82. The van der Waals surface area contributed by atoms with E-state index in [4.69, 9.17) is 27.9 Å². The Bertz CT molecular complexity index is 1180. The number of amides is 1. The Morgan fingerprint density at radius 2 is 1.62 bits per heavy atom. The molecule has 3 aliphatic rings. The van der Waals surface area contributed by atoms with Gasteiger partial charge in [0, 0.05) is 28.5 Å². The van der Waals surface area contributed by atoms with Gasteiger partial charge in [0.05, 0.1) is 5.02 Å². The molecule has 0 heterocycles. The van der Waals surface area contributed by atoms with Gasteiger partial charge in [0.2, 0.25) is 0 Å². The van der Waals surface area contributed by atoms with Crippen molar-refractivity contribution in [2.24, 2.45) is 11.0 Å². The molecule has 0 radical (unpaired) electrons. The summed E-state index contributed by atoms with van der Waals surface area (Å²) in [6, 6.07) is 22.3. The van der Waals surface area contributed by atoms with Crippen LogP contribution in [-0.4, -0.2) is 18.2 Å². The highest BCUT2D eigenvalue weighted by Crippen LogP contribution is 2.55. The molecule has 162 valence electrons. The van der Waals surface area contributed by atoms with Gasteiger partial charge in [0.15, 0.2) is 6.61 Å². The van der Waals surface area contributed by atoms with Gasteiger partial charge >= 0.3 is 0 Å². The number of ether oxygens (including phenoxy) is 1. The fraction of sp³-hybridized carbons (Fsp3) is 0.231. The van der Waals surface area contributed by atoms with Gasteiger partial charge in [-0.15, -0.1) is 0 Å². The van der Waals surface area contributed by atoms with Crippen LogP contribution in [0.1, 0.15) is 47.4 Å². The van der Waals surface area contributed by atoms with Gasteiger partial charge < -0.3 is 4.74 Å². The number of hydrogen-bond donors (Lipinski definition) is 1. The van der Waals surface area contributed by atoms with E-state index in [1.165, 1.54) is 22.3 Å². The predicted octanol–water partition coefficient (Wildman–Crippen LogP) is 6.16. The van der Waals surface area contributed by atoms with Gasteiger partial charge in [-0.3, -0.25) is 4.79 Å². The molecule has 3 aliphatic carbocycles. The van der Waals surface area contributed by atoms with E-state index in [-0.39, 0.29) is 24.3 Å². The largest absolute Gasteiger partial charge is 0.482 e. The molecule has 0 spiro atoms. The number of hydrazone groups is 1. The van der Waals surface area contributed by atoms with Crippen LogP contribution in [0.4, 0.5) is 0 Å². The van der Waals surface area contributed by atoms with E-state index in [1.807, 2.05) is 6.92 Å². The number of fused-ring (bicyclic) bond motifs is 1. The summed E-state index contributed by atoms with van der Waals surface area (Å²) in [6.07, 6.45) is 0.987. The van der Waals surface area contributed by atoms with E-state index in [9.17, 15) is 4.79 Å². The Morgan fingerprint density at radius 1 is 1.00 bits per heavy atom. The van der Waals surface area contributed by atoms with E-state index in [2.05, 4.69) is 59.1 Å². The Morgan fingerprint density at radius 3 is 2.25 bits per heavy atom. The molecule has 0 aliphatic heterocycles. The Kier molecular flexibility index (Phi) is 5.66. The van der Waals surface area contributed by atoms with E-state index in [1.54, 1.807) is 18.2 Å². The fourth-order valence-electron chi connectivity index (χ4n) is 5.05. The third-order valence-electron chi connectivity index (χ3n) is 6.45. The first-order valence-electron chi connectivity index (χ1n) is 10.6. The molecule has 0 aromatic heterocycles. The minimum Gasteiger partial charge on any atom is -0.482 e. The lowest BCUT2D eigenvalue weighted by molar-refractivity contribution is -0.123. The van der Waals surface area contributed by atoms with Crippen LogP contribution in [0.3, 0.4) is 0 Å². The summed E-state index contributed by atoms with van der Waals surface area (Å²) in [4.78, 5) is 12.3. The zero-order chi connectivity index (χ0) is 22.2. The normalized spacial score (nSPS) is 21.0. The summed E-state index contributed by atoms with van der Waals surface area (Å²) in [5, 5.41) is 5.32. The van der Waals surface area contributed by atoms with Crippen molar-refractivity contribution >= 4 is 34.8 Å². The molecule has 1 amide bonds. The third kappa shape index (κ3) is 3.78. The molecule has 0 fully saturated rings. The molecule has 0 saturated heterocycles. The Labute approximate surface area is 197 Å². The van der Waals surface area contributed by atoms with E-state index in [0.29, 0.717) is 21.7 Å². The molecule has 4 nitrogen and oxygen atoms in total. The molecule has 3 aromatic carbocycles. The monoisotopic (exact) mass is 464 g/mol. The van der Waals surface area contributed by atoms with Crippen LogP contribution < -0.4 is 10.2 Å². The number of rotatable bonds is 5. The molecular formula is C26H22Cl2N2O2. The summed E-state index contributed by atoms with van der Waals surface area (Å²) in [5.41, 5.74) is 9.13. The van der Waals surface area contributed by atoms with Gasteiger partial charge in [0.1, 0.15) is 5.75 Å². The minimum atomic E-state index is -0.336. The minimum absolute atomic E-state index is 0.180. The molecule has 2 bridgehead atoms. The summed E-state index contributed by atoms with van der Waals surface area (Å²) >= 11 is 12.0. The zero-order valence-corrected chi connectivity index (χ0v) is 19.0. The first-order chi connectivity index (χ1) is 15.5. The summed E-state index contributed by atoms with van der Waals surface area (Å²) in [6.45, 7) is 1.81. The number of benzene rings is 3. The molecule has 0 unspecified atom stereocenters. The van der Waals surface area contributed by atoms with Gasteiger partial charge in [-0.2, -0.15) is 5.10 Å². The SMILES string of the molecule is CC(=NNC(=O)COc1ccc(Cl)cc1Cl)[C@H]1CC2c3ccccc3C1c1ccccc12. The van der Waals surface area contributed by atoms with Crippen LogP contribution in [-0.2, 0) is 4.79 Å². The van der Waals surface area contributed by atoms with E-state index >= 15 is 0 Å². The maximum absolute atomic E-state index is 12.3. The van der Waals surface area contributed by atoms with Crippen molar-refractivity contribution < 1.29 is 9.53 Å². The highest BCUT2D eigenvalue weighted by Gasteiger charge is 2.44. The highest BCUT2D eigenvalue weighted by atomic mass is 35.5. The van der Waals surface area contributed by atoms with Crippen LogP contribution in [0.25, 0.3) is 0 Å². The van der Waals surface area contributed by atoms with Crippen LogP contribution in [0.2, 0.25) is 10.0 Å². The maximum Gasteiger partial charge on any atom is 0.277 e. The lowest BCUT2D eigenvalue weighted by Crippen LogP contribution is -2.36. The first kappa shape index (κ1) is 21.0. The maximum atomic E-state index is 12.3. The predicted molar refractivity (Wildman–Crippen MR) is 128 cm³/mol. The van der Waals surface area contributed by atoms with Crippen LogP contribution in [0.5, 0.6) is 5.75 Å². The molecule has 32 heavy (non-hydrogen) atoms. The third-order valence-corrected chi connectivity index (χ3v) is 6.98. The van der Waals surface area contributed by atoms with Gasteiger partial charge in [-0.05, 0) is 53.8 Å². The van der Waals surface area contributed by atoms with E-state index < -0.39 is 0 Å². The molecule has 1 atom stereocenters. The van der Waals surface area contributed by atoms with Crippen molar-refractivity contribution in [2.45, 2.75) is 25.2 Å². The molecule has 6 rings (SSSR count). The fourth-order valence-corrected chi connectivity index (χ4v) is 5.51. The van der Waals surface area contributed by atoms with Crippen LogP contribution >= 0.6 is 23.2 Å². The lowest BCUT2D eigenvalue weighted by Gasteiger charge is -2.45. The first-order valence-corrected chi connectivity index (χ1v) is 11.4. The lowest BCUT2D eigenvalue weighted by atomic mass is 9.58. The quantitative estimate of drug-likeness (QED) is 0.362. The molecular weight excluding hydrogens is 443 g/mol. The number of hydrogen-bond acceptors (Lipinski definition) is 3. The summed E-state index contributed by atoms with van der Waals surface area (Å²) < 4.78 is 5.50. The molecule has 1 N–H and O–H groups in total. The van der Waals surface area contributed by atoms with Crippen molar-refractivity contribution in [3.63, 3.8) is 0 Å². The Balaban J connectivity index is 1.31. The number of halogens is 2. The molecule has 6 heteroatoms. The number of carbonyl (C=O) groups excluding carboxylic acids is 1.